The van der Waals surface area contributed by atoms with Gasteiger partial charge in [-0.25, -0.2) is 4.98 Å². The lowest BCUT2D eigenvalue weighted by molar-refractivity contribution is 0.327. The van der Waals surface area contributed by atoms with Gasteiger partial charge in [0.05, 0.1) is 12.6 Å². The Morgan fingerprint density at radius 2 is 1.91 bits per heavy atom. The van der Waals surface area contributed by atoms with E-state index in [1.54, 1.807) is 0 Å². The van der Waals surface area contributed by atoms with Crippen LogP contribution in [0, 0.1) is 0 Å². The first-order chi connectivity index (χ1) is 15.7. The van der Waals surface area contributed by atoms with Crippen molar-refractivity contribution in [2.45, 2.75) is 38.3 Å². The molecule has 32 heavy (non-hydrogen) atoms. The van der Waals surface area contributed by atoms with Gasteiger partial charge in [0.15, 0.2) is 5.69 Å². The van der Waals surface area contributed by atoms with Crippen molar-refractivity contribution in [2.24, 2.45) is 4.99 Å². The fourth-order valence-corrected chi connectivity index (χ4v) is 4.46. The van der Waals surface area contributed by atoms with Crippen molar-refractivity contribution >= 4 is 29.5 Å². The SMILES string of the molecule is CC(Nc1nccc([N+]2(NCC3CCCCN3)C=Nc3ccccc32)n1)c1ccccc1. The minimum absolute atomic E-state index is 0.0961. The lowest BCUT2D eigenvalue weighted by Gasteiger charge is -2.32. The summed E-state index contributed by atoms with van der Waals surface area (Å²) in [6.07, 6.45) is 7.46. The van der Waals surface area contributed by atoms with Gasteiger partial charge in [0, 0.05) is 24.4 Å². The predicted molar refractivity (Wildman–Crippen MR) is 130 cm³/mol. The second-order valence-corrected chi connectivity index (χ2v) is 8.48. The van der Waals surface area contributed by atoms with Crippen LogP contribution in [0.1, 0.15) is 37.8 Å². The van der Waals surface area contributed by atoms with Crippen LogP contribution in [0.4, 0.5) is 23.1 Å². The van der Waals surface area contributed by atoms with Crippen LogP contribution in [-0.2, 0) is 0 Å². The van der Waals surface area contributed by atoms with E-state index in [9.17, 15) is 0 Å². The smallest absolute Gasteiger partial charge is 0.263 e. The average molecular weight is 429 g/mol. The number of anilines is 1. The zero-order valence-corrected chi connectivity index (χ0v) is 18.4. The molecule has 2 aliphatic heterocycles. The van der Waals surface area contributed by atoms with E-state index in [0.717, 1.165) is 30.3 Å². The van der Waals surface area contributed by atoms with E-state index in [1.807, 2.05) is 48.9 Å². The van der Waals surface area contributed by atoms with Gasteiger partial charge in [-0.2, -0.15) is 9.98 Å². The number of hydrogen-bond donors (Lipinski definition) is 3. The number of aromatic nitrogens is 2. The van der Waals surface area contributed by atoms with Crippen molar-refractivity contribution < 1.29 is 0 Å². The average Bonchev–Trinajstić information content (AvgIpc) is 3.24. The Labute approximate surface area is 189 Å². The molecular formula is C25H30N7+. The number of nitrogens with one attached hydrogen (secondary N) is 3. The summed E-state index contributed by atoms with van der Waals surface area (Å²) < 4.78 is 0.283. The summed E-state index contributed by atoms with van der Waals surface area (Å²) in [6, 6.07) is 21.1. The van der Waals surface area contributed by atoms with Gasteiger partial charge in [0.25, 0.3) is 5.82 Å². The minimum atomic E-state index is 0.0961. The molecule has 7 heteroatoms. The van der Waals surface area contributed by atoms with Gasteiger partial charge < -0.3 is 10.6 Å². The molecule has 7 nitrogen and oxygen atoms in total. The number of benzene rings is 2. The molecule has 3 N–H and O–H groups in total. The van der Waals surface area contributed by atoms with Crippen molar-refractivity contribution in [1.29, 1.82) is 0 Å². The monoisotopic (exact) mass is 428 g/mol. The first-order valence-corrected chi connectivity index (χ1v) is 11.4. The Morgan fingerprint density at radius 3 is 2.75 bits per heavy atom. The standard InChI is InChI=1S/C25H30N7/c1-19(20-9-3-2-4-10-20)30-25-27-16-14-24(31-25)32(29-17-21-11-7-8-15-26-21)18-28-22-12-5-6-13-23(22)32/h2-6,9-10,12-14,16,18-19,21,26,29H,7-8,11,15,17H2,1H3,(H,27,30,31)/q+1. The van der Waals surface area contributed by atoms with Crippen molar-refractivity contribution in [2.75, 3.05) is 18.4 Å². The third-order valence-corrected chi connectivity index (χ3v) is 6.28. The molecule has 0 amide bonds. The number of fused-ring (bicyclic) bond motifs is 1. The zero-order valence-electron chi connectivity index (χ0n) is 18.4. The summed E-state index contributed by atoms with van der Waals surface area (Å²) in [5.74, 6) is 1.44. The Morgan fingerprint density at radius 1 is 1.06 bits per heavy atom. The van der Waals surface area contributed by atoms with Crippen molar-refractivity contribution in [3.63, 3.8) is 0 Å². The number of nitrogens with zero attached hydrogens (tertiary/aromatic N) is 4. The van der Waals surface area contributed by atoms with Crippen LogP contribution in [-0.4, -0.2) is 35.4 Å². The molecule has 1 saturated heterocycles. The molecule has 3 heterocycles. The van der Waals surface area contributed by atoms with E-state index in [4.69, 9.17) is 9.98 Å². The molecule has 3 aromatic rings. The predicted octanol–water partition coefficient (Wildman–Crippen LogP) is 4.61. The molecule has 2 aromatic carbocycles. The molecule has 0 aliphatic carbocycles. The highest BCUT2D eigenvalue weighted by Crippen LogP contribution is 2.41. The maximum atomic E-state index is 4.93. The summed E-state index contributed by atoms with van der Waals surface area (Å²) in [5.41, 5.74) is 6.99. The van der Waals surface area contributed by atoms with Crippen LogP contribution >= 0.6 is 0 Å². The van der Waals surface area contributed by atoms with Crippen molar-refractivity contribution in [3.8, 4) is 0 Å². The number of para-hydroxylation sites is 2. The van der Waals surface area contributed by atoms with E-state index in [0.29, 0.717) is 12.0 Å². The van der Waals surface area contributed by atoms with Gasteiger partial charge in [0.1, 0.15) is 5.69 Å². The molecule has 0 saturated carbocycles. The highest BCUT2D eigenvalue weighted by molar-refractivity contribution is 5.93. The van der Waals surface area contributed by atoms with Gasteiger partial charge in [-0.3, -0.25) is 0 Å². The molecule has 5 rings (SSSR count). The summed E-state index contributed by atoms with van der Waals surface area (Å²) in [4.78, 5) is 14.1. The van der Waals surface area contributed by atoms with Gasteiger partial charge in [-0.1, -0.05) is 48.9 Å². The normalized spacial score (nSPS) is 23.0. The highest BCUT2D eigenvalue weighted by atomic mass is 15.7. The first kappa shape index (κ1) is 20.8. The van der Waals surface area contributed by atoms with E-state index in [2.05, 4.69) is 52.2 Å². The second kappa shape index (κ2) is 9.16. The molecule has 3 atom stereocenters. The van der Waals surface area contributed by atoms with Crippen molar-refractivity contribution in [1.82, 2.24) is 25.3 Å². The van der Waals surface area contributed by atoms with Crippen LogP contribution in [0.2, 0.25) is 0 Å². The van der Waals surface area contributed by atoms with Gasteiger partial charge in [0.2, 0.25) is 12.3 Å². The second-order valence-electron chi connectivity index (χ2n) is 8.48. The molecule has 164 valence electrons. The Kier molecular flexibility index (Phi) is 5.94. The molecule has 0 radical (unpaired) electrons. The highest BCUT2D eigenvalue weighted by Gasteiger charge is 2.41. The summed E-state index contributed by atoms with van der Waals surface area (Å²) in [7, 11) is 0. The van der Waals surface area contributed by atoms with E-state index < -0.39 is 0 Å². The van der Waals surface area contributed by atoms with Crippen LogP contribution in [0.15, 0.2) is 71.9 Å². The maximum Gasteiger partial charge on any atom is 0.263 e. The van der Waals surface area contributed by atoms with Crippen molar-refractivity contribution in [3.05, 3.63) is 72.4 Å². The lowest BCUT2D eigenvalue weighted by atomic mass is 10.1. The number of quaternary nitrogens is 1. The van der Waals surface area contributed by atoms with Crippen LogP contribution in [0.25, 0.3) is 0 Å². The maximum absolute atomic E-state index is 4.93. The number of hydrogen-bond acceptors (Lipinski definition) is 6. The number of rotatable bonds is 7. The van der Waals surface area contributed by atoms with Crippen LogP contribution in [0.3, 0.4) is 0 Å². The zero-order chi connectivity index (χ0) is 21.8. The topological polar surface area (TPSA) is 74.2 Å². The lowest BCUT2D eigenvalue weighted by Crippen LogP contribution is -2.58. The molecule has 1 fully saturated rings. The Hall–Kier alpha value is -3.13. The fraction of sp³-hybridized carbons (Fsp3) is 0.320. The van der Waals surface area contributed by atoms with E-state index in [-0.39, 0.29) is 10.6 Å². The summed E-state index contributed by atoms with van der Waals surface area (Å²) >= 11 is 0. The van der Waals surface area contributed by atoms with Crippen LogP contribution in [0.5, 0.6) is 0 Å². The Balaban J connectivity index is 1.44. The molecular weight excluding hydrogens is 398 g/mol. The van der Waals surface area contributed by atoms with E-state index >= 15 is 0 Å². The number of piperidine rings is 1. The quantitative estimate of drug-likeness (QED) is 0.479. The molecule has 2 aliphatic rings. The molecule has 0 bridgehead atoms. The van der Waals surface area contributed by atoms with Gasteiger partial charge >= 0.3 is 0 Å². The van der Waals surface area contributed by atoms with Gasteiger partial charge in [-0.15, -0.1) is 10.0 Å². The molecule has 3 unspecified atom stereocenters. The third kappa shape index (κ3) is 4.14. The molecule has 1 aromatic heterocycles. The number of aliphatic imine (C=N–C) groups is 1. The summed E-state index contributed by atoms with van der Waals surface area (Å²) in [5, 5.41) is 7.08. The molecule has 0 spiro atoms. The fourth-order valence-electron chi connectivity index (χ4n) is 4.46. The largest absolute Gasteiger partial charge is 0.348 e. The van der Waals surface area contributed by atoms with E-state index in [1.165, 1.54) is 24.8 Å². The summed E-state index contributed by atoms with van der Waals surface area (Å²) in [6.45, 7) is 4.03. The minimum Gasteiger partial charge on any atom is -0.348 e. The first-order valence-electron chi connectivity index (χ1n) is 11.4. The third-order valence-electron chi connectivity index (χ3n) is 6.28. The Bertz CT molecular complexity index is 1080. The van der Waals surface area contributed by atoms with Gasteiger partial charge in [-0.05, 0) is 37.9 Å². The van der Waals surface area contributed by atoms with Crippen LogP contribution < -0.4 is 20.7 Å².